The predicted molar refractivity (Wildman–Crippen MR) is 76.1 cm³/mol. The Bertz CT molecular complexity index is 379. The molecule has 0 aliphatic carbocycles. The molecule has 0 aliphatic rings. The average molecular weight is 269 g/mol. The third kappa shape index (κ3) is 4.57. The van der Waals surface area contributed by atoms with E-state index in [-0.39, 0.29) is 6.04 Å². The van der Waals surface area contributed by atoms with E-state index in [1.54, 1.807) is 6.07 Å². The third-order valence-electron chi connectivity index (χ3n) is 3.65. The van der Waals surface area contributed by atoms with Crippen molar-refractivity contribution in [2.75, 3.05) is 6.54 Å². The second-order valence-corrected chi connectivity index (χ2v) is 5.01. The first-order chi connectivity index (χ1) is 9.13. The zero-order valence-corrected chi connectivity index (χ0v) is 12.2. The molecule has 0 saturated heterocycles. The van der Waals surface area contributed by atoms with Crippen LogP contribution in [0.2, 0.25) is 0 Å². The Kier molecular flexibility index (Phi) is 7.00. The molecule has 0 radical (unpaired) electrons. The van der Waals surface area contributed by atoms with Gasteiger partial charge in [-0.05, 0) is 24.9 Å². The van der Waals surface area contributed by atoms with Gasteiger partial charge in [-0.3, -0.25) is 0 Å². The van der Waals surface area contributed by atoms with Crippen molar-refractivity contribution in [1.82, 2.24) is 5.32 Å². The fraction of sp³-hybridized carbons (Fsp3) is 0.625. The van der Waals surface area contributed by atoms with Gasteiger partial charge in [0.15, 0.2) is 0 Å². The van der Waals surface area contributed by atoms with E-state index in [4.69, 9.17) is 0 Å². The lowest BCUT2D eigenvalue weighted by Gasteiger charge is -2.28. The predicted octanol–water partition coefficient (Wildman–Crippen LogP) is 4.83. The summed E-state index contributed by atoms with van der Waals surface area (Å²) in [4.78, 5) is 0. The van der Waals surface area contributed by atoms with Crippen LogP contribution in [-0.4, -0.2) is 6.54 Å². The molecule has 0 bridgehead atoms. The third-order valence-corrected chi connectivity index (χ3v) is 3.65. The summed E-state index contributed by atoms with van der Waals surface area (Å²) in [5.41, 5.74) is 0.589. The van der Waals surface area contributed by atoms with E-state index in [0.29, 0.717) is 11.5 Å². The van der Waals surface area contributed by atoms with Crippen molar-refractivity contribution in [3.05, 3.63) is 35.4 Å². The van der Waals surface area contributed by atoms with Crippen molar-refractivity contribution in [3.63, 3.8) is 0 Å². The smallest absolute Gasteiger partial charge is 0.130 e. The summed E-state index contributed by atoms with van der Waals surface area (Å²) in [5, 5.41) is 3.36. The van der Waals surface area contributed by atoms with Gasteiger partial charge >= 0.3 is 0 Å². The molecule has 1 N–H and O–H groups in total. The molecule has 1 aromatic carbocycles. The number of unbranched alkanes of at least 4 members (excludes halogenated alkanes) is 1. The van der Waals surface area contributed by atoms with Gasteiger partial charge in [-0.2, -0.15) is 0 Å². The molecule has 1 nitrogen and oxygen atoms in total. The summed E-state index contributed by atoms with van der Waals surface area (Å²) in [5.74, 6) is -0.570. The second kappa shape index (κ2) is 8.26. The highest BCUT2D eigenvalue weighted by molar-refractivity contribution is 5.23. The molecule has 1 rings (SSSR count). The molecule has 0 aliphatic heterocycles. The second-order valence-electron chi connectivity index (χ2n) is 5.01. The van der Waals surface area contributed by atoms with Crippen LogP contribution in [-0.2, 0) is 0 Å². The molecule has 2 atom stereocenters. The van der Waals surface area contributed by atoms with Gasteiger partial charge in [-0.25, -0.2) is 8.78 Å². The molecule has 0 amide bonds. The Hall–Kier alpha value is -0.960. The van der Waals surface area contributed by atoms with E-state index >= 15 is 0 Å². The van der Waals surface area contributed by atoms with E-state index < -0.39 is 11.6 Å². The zero-order chi connectivity index (χ0) is 14.3. The number of halogens is 2. The zero-order valence-electron chi connectivity index (χ0n) is 12.2. The first-order valence-corrected chi connectivity index (χ1v) is 7.32. The fourth-order valence-corrected chi connectivity index (χ4v) is 2.58. The summed E-state index contributed by atoms with van der Waals surface area (Å²) in [6, 6.07) is 3.87. The van der Waals surface area contributed by atoms with E-state index in [1.807, 2.05) is 6.92 Å². The Balaban J connectivity index is 2.96. The van der Waals surface area contributed by atoms with Crippen LogP contribution in [0.3, 0.4) is 0 Å². The molecular formula is C16H25F2N. The first kappa shape index (κ1) is 16.1. The van der Waals surface area contributed by atoms with Crippen molar-refractivity contribution in [1.29, 1.82) is 0 Å². The molecule has 19 heavy (non-hydrogen) atoms. The molecule has 0 saturated carbocycles. The monoisotopic (exact) mass is 269 g/mol. The number of nitrogens with one attached hydrogen (secondary N) is 1. The van der Waals surface area contributed by atoms with Crippen molar-refractivity contribution in [2.24, 2.45) is 5.92 Å². The quantitative estimate of drug-likeness (QED) is 0.712. The van der Waals surface area contributed by atoms with Crippen molar-refractivity contribution < 1.29 is 8.78 Å². The van der Waals surface area contributed by atoms with Gasteiger partial charge in [0.2, 0.25) is 0 Å². The topological polar surface area (TPSA) is 12.0 Å². The lowest BCUT2D eigenvalue weighted by atomic mass is 9.86. The van der Waals surface area contributed by atoms with E-state index in [1.165, 1.54) is 6.07 Å². The van der Waals surface area contributed by atoms with E-state index in [0.717, 1.165) is 38.3 Å². The number of hydrogen-bond acceptors (Lipinski definition) is 1. The molecule has 1 aromatic rings. The molecule has 108 valence electrons. The van der Waals surface area contributed by atoms with Crippen LogP contribution < -0.4 is 5.32 Å². The van der Waals surface area contributed by atoms with Gasteiger partial charge in [-0.1, -0.05) is 46.1 Å². The molecule has 0 heterocycles. The molecule has 3 heteroatoms. The van der Waals surface area contributed by atoms with Crippen LogP contribution in [0, 0.1) is 17.6 Å². The summed E-state index contributed by atoms with van der Waals surface area (Å²) in [6.45, 7) is 7.09. The Morgan fingerprint density at radius 3 is 2.42 bits per heavy atom. The Labute approximate surface area is 115 Å². The molecule has 0 fully saturated rings. The minimum absolute atomic E-state index is 0.0258. The Morgan fingerprint density at radius 1 is 1.16 bits per heavy atom. The molecule has 0 aromatic heterocycles. The molecule has 2 unspecified atom stereocenters. The normalized spacial score (nSPS) is 14.4. The highest BCUT2D eigenvalue weighted by Gasteiger charge is 2.23. The van der Waals surface area contributed by atoms with Gasteiger partial charge in [0.05, 0.1) is 0 Å². The average Bonchev–Trinajstić information content (AvgIpc) is 2.39. The van der Waals surface area contributed by atoms with Gasteiger partial charge in [0.1, 0.15) is 11.6 Å². The highest BCUT2D eigenvalue weighted by Crippen LogP contribution is 2.30. The van der Waals surface area contributed by atoms with Crippen LogP contribution in [0.4, 0.5) is 8.78 Å². The number of benzene rings is 1. The largest absolute Gasteiger partial charge is 0.310 e. The summed E-state index contributed by atoms with van der Waals surface area (Å²) in [7, 11) is 0. The summed E-state index contributed by atoms with van der Waals surface area (Å²) in [6.07, 6.45) is 4.35. The van der Waals surface area contributed by atoms with Crippen molar-refractivity contribution >= 4 is 0 Å². The van der Waals surface area contributed by atoms with Crippen molar-refractivity contribution in [2.45, 2.75) is 52.5 Å². The minimum atomic E-state index is -0.516. The maximum atomic E-state index is 14.0. The molecule has 0 spiro atoms. The Morgan fingerprint density at radius 2 is 1.89 bits per heavy atom. The molecular weight excluding hydrogens is 244 g/mol. The van der Waals surface area contributed by atoms with Gasteiger partial charge in [0, 0.05) is 17.7 Å². The summed E-state index contributed by atoms with van der Waals surface area (Å²) < 4.78 is 27.0. The number of rotatable bonds is 8. The highest BCUT2D eigenvalue weighted by atomic mass is 19.1. The van der Waals surface area contributed by atoms with Gasteiger partial charge in [-0.15, -0.1) is 0 Å². The maximum Gasteiger partial charge on any atom is 0.130 e. The first-order valence-electron chi connectivity index (χ1n) is 7.32. The van der Waals surface area contributed by atoms with E-state index in [9.17, 15) is 8.78 Å². The van der Waals surface area contributed by atoms with Gasteiger partial charge in [0.25, 0.3) is 0 Å². The summed E-state index contributed by atoms with van der Waals surface area (Å²) >= 11 is 0. The maximum absolute atomic E-state index is 14.0. The van der Waals surface area contributed by atoms with Gasteiger partial charge < -0.3 is 5.32 Å². The standard InChI is InChI=1S/C16H25F2N/c1-4-7-8-12(5-2)16(19-6-3)14-10-9-13(17)11-15(14)18/h9-12,16,19H,4-8H2,1-3H3. The van der Waals surface area contributed by atoms with Crippen LogP contribution in [0.5, 0.6) is 0 Å². The van der Waals surface area contributed by atoms with Crippen LogP contribution in [0.15, 0.2) is 18.2 Å². The SMILES string of the molecule is CCCCC(CC)C(NCC)c1ccc(F)cc1F. The van der Waals surface area contributed by atoms with Crippen molar-refractivity contribution in [3.8, 4) is 0 Å². The number of hydrogen-bond donors (Lipinski definition) is 1. The minimum Gasteiger partial charge on any atom is -0.310 e. The van der Waals surface area contributed by atoms with Crippen LogP contribution >= 0.6 is 0 Å². The fourth-order valence-electron chi connectivity index (χ4n) is 2.58. The lowest BCUT2D eigenvalue weighted by molar-refractivity contribution is 0.319. The van der Waals surface area contributed by atoms with Crippen LogP contribution in [0.25, 0.3) is 0 Å². The van der Waals surface area contributed by atoms with Crippen LogP contribution in [0.1, 0.15) is 58.1 Å². The van der Waals surface area contributed by atoms with E-state index in [2.05, 4.69) is 19.2 Å². The lowest BCUT2D eigenvalue weighted by Crippen LogP contribution is -2.29.